The molecule has 0 spiro atoms. The molecule has 1 aliphatic heterocycles. The number of nitrogens with one attached hydrogen (secondary N) is 2. The van der Waals surface area contributed by atoms with E-state index in [-0.39, 0.29) is 11.8 Å². The largest absolute Gasteiger partial charge is 0.326 e. The summed E-state index contributed by atoms with van der Waals surface area (Å²) in [6.07, 6.45) is 3.36. The Balaban J connectivity index is 1.40. The molecule has 26 heavy (non-hydrogen) atoms. The molecule has 3 aromatic rings. The highest BCUT2D eigenvalue weighted by Crippen LogP contribution is 2.25. The summed E-state index contributed by atoms with van der Waals surface area (Å²) in [5.41, 5.74) is 4.87. The van der Waals surface area contributed by atoms with Crippen molar-refractivity contribution >= 4 is 34.1 Å². The second kappa shape index (κ2) is 6.63. The van der Waals surface area contributed by atoms with Crippen LogP contribution in [0.5, 0.6) is 0 Å². The molecule has 4 rings (SSSR count). The maximum absolute atomic E-state index is 12.3. The molecule has 0 saturated carbocycles. The van der Waals surface area contributed by atoms with E-state index in [2.05, 4.69) is 21.8 Å². The molecule has 0 aliphatic carbocycles. The lowest BCUT2D eigenvalue weighted by atomic mass is 10.0. The molecule has 0 radical (unpaired) electrons. The van der Waals surface area contributed by atoms with Gasteiger partial charge in [0.15, 0.2) is 0 Å². The zero-order valence-corrected chi connectivity index (χ0v) is 14.6. The van der Waals surface area contributed by atoms with Crippen molar-refractivity contribution in [2.75, 3.05) is 10.6 Å². The van der Waals surface area contributed by atoms with Crippen molar-refractivity contribution in [1.82, 2.24) is 9.78 Å². The predicted molar refractivity (Wildman–Crippen MR) is 101 cm³/mol. The number of carbonyl (C=O) groups is 2. The van der Waals surface area contributed by atoms with E-state index >= 15 is 0 Å². The van der Waals surface area contributed by atoms with Crippen LogP contribution in [-0.4, -0.2) is 21.6 Å². The summed E-state index contributed by atoms with van der Waals surface area (Å²) in [6, 6.07) is 11.8. The molecule has 6 nitrogen and oxygen atoms in total. The molecule has 0 bridgehead atoms. The minimum Gasteiger partial charge on any atom is -0.326 e. The van der Waals surface area contributed by atoms with Gasteiger partial charge in [0.25, 0.3) is 0 Å². The van der Waals surface area contributed by atoms with E-state index in [4.69, 9.17) is 0 Å². The summed E-state index contributed by atoms with van der Waals surface area (Å²) in [7, 11) is 0. The summed E-state index contributed by atoms with van der Waals surface area (Å²) in [5, 5.41) is 11.2. The van der Waals surface area contributed by atoms with Crippen molar-refractivity contribution in [3.05, 3.63) is 53.7 Å². The van der Waals surface area contributed by atoms with Gasteiger partial charge in [0.05, 0.1) is 18.3 Å². The highest BCUT2D eigenvalue weighted by atomic mass is 16.2. The van der Waals surface area contributed by atoms with Crippen molar-refractivity contribution in [3.63, 3.8) is 0 Å². The van der Waals surface area contributed by atoms with Gasteiger partial charge in [-0.3, -0.25) is 14.3 Å². The highest BCUT2D eigenvalue weighted by Gasteiger charge is 2.15. The van der Waals surface area contributed by atoms with Gasteiger partial charge in [0, 0.05) is 29.6 Å². The third-order valence-corrected chi connectivity index (χ3v) is 4.63. The molecule has 0 unspecified atom stereocenters. The first-order valence-electron chi connectivity index (χ1n) is 8.73. The van der Waals surface area contributed by atoms with E-state index in [9.17, 15) is 9.59 Å². The molecule has 2 amide bonds. The van der Waals surface area contributed by atoms with Gasteiger partial charge in [0.2, 0.25) is 11.8 Å². The second-order valence-corrected chi connectivity index (χ2v) is 6.65. The van der Waals surface area contributed by atoms with Crippen LogP contribution >= 0.6 is 0 Å². The van der Waals surface area contributed by atoms with Gasteiger partial charge in [-0.25, -0.2) is 0 Å². The van der Waals surface area contributed by atoms with Crippen LogP contribution < -0.4 is 10.6 Å². The first-order chi connectivity index (χ1) is 12.6. The number of anilines is 2. The molecule has 6 heteroatoms. The average Bonchev–Trinajstić information content (AvgIpc) is 3.02. The molecule has 0 fully saturated rings. The van der Waals surface area contributed by atoms with Gasteiger partial charge < -0.3 is 10.6 Å². The van der Waals surface area contributed by atoms with E-state index in [0.717, 1.165) is 27.8 Å². The molecular formula is C20H20N4O2. The van der Waals surface area contributed by atoms with Gasteiger partial charge in [0.1, 0.15) is 0 Å². The number of hydrogen-bond donors (Lipinski definition) is 2. The Morgan fingerprint density at radius 1 is 1.23 bits per heavy atom. The van der Waals surface area contributed by atoms with Crippen LogP contribution in [0.25, 0.3) is 10.9 Å². The van der Waals surface area contributed by atoms with Crippen molar-refractivity contribution in [2.24, 2.45) is 0 Å². The minimum atomic E-state index is -0.0550. The van der Waals surface area contributed by atoms with Crippen LogP contribution in [-0.2, 0) is 22.6 Å². The fraction of sp³-hybridized carbons (Fsp3) is 0.250. The minimum absolute atomic E-state index is 0.0379. The number of fused-ring (bicyclic) bond motifs is 2. The molecule has 132 valence electrons. The van der Waals surface area contributed by atoms with Crippen LogP contribution in [0.4, 0.5) is 11.4 Å². The second-order valence-electron chi connectivity index (χ2n) is 6.65. The lowest BCUT2D eigenvalue weighted by Crippen LogP contribution is -2.19. The van der Waals surface area contributed by atoms with Crippen LogP contribution in [0, 0.1) is 6.92 Å². The molecule has 0 atom stereocenters. The van der Waals surface area contributed by atoms with Gasteiger partial charge in [-0.1, -0.05) is 11.6 Å². The van der Waals surface area contributed by atoms with Gasteiger partial charge in [-0.05, 0) is 49.2 Å². The molecule has 2 heterocycles. The lowest BCUT2D eigenvalue weighted by Gasteiger charge is -2.17. The van der Waals surface area contributed by atoms with E-state index in [1.54, 1.807) is 0 Å². The Bertz CT molecular complexity index is 1010. The van der Waals surface area contributed by atoms with E-state index < -0.39 is 0 Å². The zero-order valence-electron chi connectivity index (χ0n) is 14.6. The van der Waals surface area contributed by atoms with Crippen LogP contribution in [0.1, 0.15) is 24.0 Å². The summed E-state index contributed by atoms with van der Waals surface area (Å²) in [5.74, 6) is -0.0171. The van der Waals surface area contributed by atoms with Crippen LogP contribution in [0.15, 0.2) is 42.6 Å². The fourth-order valence-corrected chi connectivity index (χ4v) is 3.28. The Morgan fingerprint density at radius 3 is 3.00 bits per heavy atom. The quantitative estimate of drug-likeness (QED) is 0.760. The number of hydrogen-bond acceptors (Lipinski definition) is 3. The molecular weight excluding hydrogens is 328 g/mol. The summed E-state index contributed by atoms with van der Waals surface area (Å²) < 4.78 is 1.86. The Kier molecular flexibility index (Phi) is 4.16. The van der Waals surface area contributed by atoms with Gasteiger partial charge in [-0.2, -0.15) is 5.10 Å². The Morgan fingerprint density at radius 2 is 2.12 bits per heavy atom. The maximum Gasteiger partial charge on any atom is 0.226 e. The number of aryl methyl sites for hydroxylation is 3. The van der Waals surface area contributed by atoms with Gasteiger partial charge in [-0.15, -0.1) is 0 Å². The first kappa shape index (κ1) is 16.3. The average molecular weight is 348 g/mol. The number of aromatic nitrogens is 2. The van der Waals surface area contributed by atoms with Crippen LogP contribution in [0.2, 0.25) is 0 Å². The number of nitrogens with zero attached hydrogens (tertiary/aromatic N) is 2. The van der Waals surface area contributed by atoms with Crippen molar-refractivity contribution in [3.8, 4) is 0 Å². The molecule has 0 saturated heterocycles. The summed E-state index contributed by atoms with van der Waals surface area (Å²) in [4.78, 5) is 23.7. The smallest absolute Gasteiger partial charge is 0.226 e. The third kappa shape index (κ3) is 3.31. The monoisotopic (exact) mass is 348 g/mol. The van der Waals surface area contributed by atoms with E-state index in [0.29, 0.717) is 25.8 Å². The topological polar surface area (TPSA) is 76.0 Å². The SMILES string of the molecule is Cc1ccc2c(cnn2CCC(=O)Nc2ccc3c(c2)CCC(=O)N3)c1. The van der Waals surface area contributed by atoms with E-state index in [1.807, 2.05) is 48.1 Å². The third-order valence-electron chi connectivity index (χ3n) is 4.63. The standard InChI is InChI=1S/C20H20N4O2/c1-13-2-6-18-15(10-13)12-21-24(18)9-8-20(26)22-16-4-5-17-14(11-16)3-7-19(25)23-17/h2,4-6,10-12H,3,7-9H2,1H3,(H,22,26)(H,23,25). The molecule has 1 aromatic heterocycles. The maximum atomic E-state index is 12.3. The molecule has 2 N–H and O–H groups in total. The van der Waals surface area contributed by atoms with Crippen molar-refractivity contribution in [1.29, 1.82) is 0 Å². The number of benzene rings is 2. The lowest BCUT2D eigenvalue weighted by molar-refractivity contribution is -0.117. The normalized spacial score (nSPS) is 13.3. The number of rotatable bonds is 4. The Labute approximate surface area is 151 Å². The number of amides is 2. The van der Waals surface area contributed by atoms with E-state index in [1.165, 1.54) is 5.56 Å². The fourth-order valence-electron chi connectivity index (χ4n) is 3.28. The number of carbonyl (C=O) groups excluding carboxylic acids is 2. The van der Waals surface area contributed by atoms with Gasteiger partial charge >= 0.3 is 0 Å². The van der Waals surface area contributed by atoms with Crippen LogP contribution in [0.3, 0.4) is 0 Å². The first-order valence-corrected chi connectivity index (χ1v) is 8.73. The predicted octanol–water partition coefficient (Wildman–Crippen LogP) is 3.26. The molecule has 1 aliphatic rings. The van der Waals surface area contributed by atoms with Crippen molar-refractivity contribution in [2.45, 2.75) is 32.7 Å². The zero-order chi connectivity index (χ0) is 18.1. The molecule has 2 aromatic carbocycles. The summed E-state index contributed by atoms with van der Waals surface area (Å²) in [6.45, 7) is 2.58. The highest BCUT2D eigenvalue weighted by molar-refractivity contribution is 5.95. The Hall–Kier alpha value is -3.15. The van der Waals surface area contributed by atoms with Crippen molar-refractivity contribution < 1.29 is 9.59 Å². The summed E-state index contributed by atoms with van der Waals surface area (Å²) >= 11 is 0.